The monoisotopic (exact) mass is 449 g/mol. The maximum Gasteiger partial charge on any atom is 0.261 e. The zero-order valence-electron chi connectivity index (χ0n) is 17.6. The second-order valence-corrected chi connectivity index (χ2v) is 10.0. The van der Waals surface area contributed by atoms with Gasteiger partial charge in [-0.15, -0.1) is 0 Å². The van der Waals surface area contributed by atoms with Crippen LogP contribution >= 0.6 is 12.2 Å². The van der Waals surface area contributed by atoms with Crippen molar-refractivity contribution < 1.29 is 17.9 Å². The van der Waals surface area contributed by atoms with E-state index in [0.717, 1.165) is 0 Å². The van der Waals surface area contributed by atoms with Crippen LogP contribution in [-0.2, 0) is 10.0 Å². The number of carbonyl (C=O) groups is 1. The van der Waals surface area contributed by atoms with Gasteiger partial charge in [-0.05, 0) is 83.2 Å². The van der Waals surface area contributed by atoms with Gasteiger partial charge in [0.15, 0.2) is 5.11 Å². The van der Waals surface area contributed by atoms with E-state index in [4.69, 9.17) is 17.0 Å². The van der Waals surface area contributed by atoms with E-state index in [2.05, 4.69) is 15.4 Å². The van der Waals surface area contributed by atoms with Crippen molar-refractivity contribution >= 4 is 38.9 Å². The van der Waals surface area contributed by atoms with E-state index >= 15 is 0 Å². The van der Waals surface area contributed by atoms with E-state index in [-0.39, 0.29) is 16.1 Å². The Morgan fingerprint density at radius 1 is 1.03 bits per heavy atom. The van der Waals surface area contributed by atoms with Gasteiger partial charge in [-0.2, -0.15) is 0 Å². The Hall–Kier alpha value is -2.49. The van der Waals surface area contributed by atoms with Crippen molar-refractivity contribution in [2.75, 3.05) is 5.32 Å². The van der Waals surface area contributed by atoms with Gasteiger partial charge in [-0.1, -0.05) is 12.1 Å². The Labute approximate surface area is 183 Å². The predicted molar refractivity (Wildman–Crippen MR) is 122 cm³/mol. The number of ether oxygens (including phenoxy) is 1. The molecule has 0 bridgehead atoms. The second kappa shape index (κ2) is 9.55. The van der Waals surface area contributed by atoms with E-state index in [9.17, 15) is 13.2 Å². The summed E-state index contributed by atoms with van der Waals surface area (Å²) in [5, 5.41) is 5.56. The van der Waals surface area contributed by atoms with Gasteiger partial charge >= 0.3 is 0 Å². The van der Waals surface area contributed by atoms with Crippen LogP contribution in [0.15, 0.2) is 53.4 Å². The number of para-hydroxylation sites is 1. The number of benzene rings is 2. The largest absolute Gasteiger partial charge is 0.490 e. The summed E-state index contributed by atoms with van der Waals surface area (Å²) in [6.07, 6.45) is -0.0772. The van der Waals surface area contributed by atoms with Crippen molar-refractivity contribution in [1.29, 1.82) is 0 Å². The fraction of sp³-hybridized carbons (Fsp3) is 0.333. The summed E-state index contributed by atoms with van der Waals surface area (Å²) in [5.41, 5.74) is 0.323. The van der Waals surface area contributed by atoms with Crippen molar-refractivity contribution in [3.05, 3.63) is 54.1 Å². The van der Waals surface area contributed by atoms with E-state index < -0.39 is 21.5 Å². The van der Waals surface area contributed by atoms with Crippen molar-refractivity contribution in [1.82, 2.24) is 10.0 Å². The molecule has 0 atom stereocenters. The van der Waals surface area contributed by atoms with Crippen molar-refractivity contribution in [2.24, 2.45) is 0 Å². The molecule has 0 radical (unpaired) electrons. The lowest BCUT2D eigenvalue weighted by molar-refractivity contribution is 0.0972. The highest BCUT2D eigenvalue weighted by molar-refractivity contribution is 7.89. The summed E-state index contributed by atoms with van der Waals surface area (Å²) >= 11 is 5.21. The molecule has 0 aliphatic carbocycles. The maximum absolute atomic E-state index is 12.6. The number of rotatable bonds is 6. The number of hydrogen-bond donors (Lipinski definition) is 3. The zero-order chi connectivity index (χ0) is 22.5. The SMILES string of the molecule is CC(C)Oc1ccccc1C(=O)NC(=S)Nc1ccc(S(=O)(=O)NC(C)(C)C)cc1. The molecule has 0 aliphatic rings. The summed E-state index contributed by atoms with van der Waals surface area (Å²) in [6, 6.07) is 13.0. The molecule has 0 aromatic heterocycles. The van der Waals surface area contributed by atoms with Gasteiger partial charge < -0.3 is 10.1 Å². The van der Waals surface area contributed by atoms with Crippen LogP contribution in [0.1, 0.15) is 45.0 Å². The van der Waals surface area contributed by atoms with Gasteiger partial charge in [-0.3, -0.25) is 10.1 Å². The molecule has 1 amide bonds. The van der Waals surface area contributed by atoms with Crippen LogP contribution in [0.3, 0.4) is 0 Å². The Bertz CT molecular complexity index is 1010. The molecule has 0 saturated heterocycles. The van der Waals surface area contributed by atoms with E-state index in [1.54, 1.807) is 57.2 Å². The first-order chi connectivity index (χ1) is 13.9. The first-order valence-electron chi connectivity index (χ1n) is 9.39. The van der Waals surface area contributed by atoms with E-state index in [1.807, 2.05) is 13.8 Å². The summed E-state index contributed by atoms with van der Waals surface area (Å²) in [7, 11) is -3.63. The lowest BCUT2D eigenvalue weighted by Crippen LogP contribution is -2.40. The summed E-state index contributed by atoms with van der Waals surface area (Å²) in [5.74, 6) is 0.0611. The molecule has 0 fully saturated rings. The average molecular weight is 450 g/mol. The minimum absolute atomic E-state index is 0.0772. The van der Waals surface area contributed by atoms with Crippen LogP contribution in [0.25, 0.3) is 0 Å². The molecule has 30 heavy (non-hydrogen) atoms. The summed E-state index contributed by atoms with van der Waals surface area (Å²) in [6.45, 7) is 9.06. The molecule has 0 heterocycles. The maximum atomic E-state index is 12.6. The number of nitrogens with one attached hydrogen (secondary N) is 3. The standard InChI is InChI=1S/C21H27N3O4S2/c1-14(2)28-18-9-7-6-8-17(18)19(25)23-20(29)22-15-10-12-16(13-11-15)30(26,27)24-21(3,4)5/h6-14,24H,1-5H3,(H2,22,23,25,29). The number of carbonyl (C=O) groups excluding carboxylic acids is 1. The first-order valence-corrected chi connectivity index (χ1v) is 11.3. The van der Waals surface area contributed by atoms with Crippen LogP contribution in [0.4, 0.5) is 5.69 Å². The van der Waals surface area contributed by atoms with Crippen molar-refractivity contribution in [3.63, 3.8) is 0 Å². The predicted octanol–water partition coefficient (Wildman–Crippen LogP) is 3.68. The number of sulfonamides is 1. The topological polar surface area (TPSA) is 96.5 Å². The molecule has 0 aliphatic heterocycles. The van der Waals surface area contributed by atoms with E-state index in [0.29, 0.717) is 17.0 Å². The molecule has 0 unspecified atom stereocenters. The third kappa shape index (κ3) is 7.08. The minimum atomic E-state index is -3.63. The molecule has 0 saturated carbocycles. The van der Waals surface area contributed by atoms with Gasteiger partial charge in [0.1, 0.15) is 5.75 Å². The molecule has 2 aromatic carbocycles. The van der Waals surface area contributed by atoms with Gasteiger partial charge in [0.25, 0.3) is 5.91 Å². The van der Waals surface area contributed by atoms with Gasteiger partial charge in [-0.25, -0.2) is 13.1 Å². The van der Waals surface area contributed by atoms with Crippen LogP contribution in [0, 0.1) is 0 Å². The highest BCUT2D eigenvalue weighted by Gasteiger charge is 2.22. The van der Waals surface area contributed by atoms with E-state index in [1.165, 1.54) is 12.1 Å². The Balaban J connectivity index is 2.05. The second-order valence-electron chi connectivity index (χ2n) is 7.95. The lowest BCUT2D eigenvalue weighted by Gasteiger charge is -2.20. The fourth-order valence-electron chi connectivity index (χ4n) is 2.52. The third-order valence-electron chi connectivity index (χ3n) is 3.58. The Morgan fingerprint density at radius 2 is 1.63 bits per heavy atom. The van der Waals surface area contributed by atoms with Crippen molar-refractivity contribution in [2.45, 2.75) is 51.2 Å². The zero-order valence-corrected chi connectivity index (χ0v) is 19.3. The number of hydrogen-bond acceptors (Lipinski definition) is 5. The van der Waals surface area contributed by atoms with Crippen LogP contribution in [-0.4, -0.2) is 31.1 Å². The minimum Gasteiger partial charge on any atom is -0.490 e. The highest BCUT2D eigenvalue weighted by Crippen LogP contribution is 2.20. The van der Waals surface area contributed by atoms with Crippen LogP contribution in [0.5, 0.6) is 5.75 Å². The average Bonchev–Trinajstić information content (AvgIpc) is 2.60. The highest BCUT2D eigenvalue weighted by atomic mass is 32.2. The number of thiocarbonyl (C=S) groups is 1. The normalized spacial score (nSPS) is 11.8. The molecular weight excluding hydrogens is 422 g/mol. The van der Waals surface area contributed by atoms with Gasteiger partial charge in [0, 0.05) is 11.2 Å². The lowest BCUT2D eigenvalue weighted by atomic mass is 10.1. The fourth-order valence-corrected chi connectivity index (χ4v) is 4.15. The smallest absolute Gasteiger partial charge is 0.261 e. The summed E-state index contributed by atoms with van der Waals surface area (Å²) < 4.78 is 33.0. The molecule has 0 spiro atoms. The first kappa shape index (κ1) is 23.8. The van der Waals surface area contributed by atoms with Crippen LogP contribution in [0.2, 0.25) is 0 Å². The quantitative estimate of drug-likeness (QED) is 0.582. The molecule has 162 valence electrons. The van der Waals surface area contributed by atoms with Crippen molar-refractivity contribution in [3.8, 4) is 5.75 Å². The molecule has 9 heteroatoms. The van der Waals surface area contributed by atoms with Crippen LogP contribution < -0.4 is 20.1 Å². The number of amides is 1. The van der Waals surface area contributed by atoms with Gasteiger partial charge in [0.2, 0.25) is 10.0 Å². The Morgan fingerprint density at radius 3 is 2.20 bits per heavy atom. The molecule has 3 N–H and O–H groups in total. The molecule has 7 nitrogen and oxygen atoms in total. The Kier molecular flexibility index (Phi) is 7.57. The molecule has 2 rings (SSSR count). The third-order valence-corrected chi connectivity index (χ3v) is 5.56. The molecule has 2 aromatic rings. The van der Waals surface area contributed by atoms with Gasteiger partial charge in [0.05, 0.1) is 16.6 Å². The summed E-state index contributed by atoms with van der Waals surface area (Å²) in [4.78, 5) is 12.7. The number of anilines is 1. The molecular formula is C21H27N3O4S2.